The van der Waals surface area contributed by atoms with Gasteiger partial charge >= 0.3 is 0 Å². The second-order valence-corrected chi connectivity index (χ2v) is 9.27. The van der Waals surface area contributed by atoms with Crippen molar-refractivity contribution in [3.05, 3.63) is 64.4 Å². The number of benzene rings is 2. The monoisotopic (exact) mass is 508 g/mol. The van der Waals surface area contributed by atoms with Crippen LogP contribution in [0.2, 0.25) is 0 Å². The molecule has 176 valence electrons. The molecule has 0 radical (unpaired) electrons. The van der Waals surface area contributed by atoms with E-state index in [0.29, 0.717) is 4.91 Å². The van der Waals surface area contributed by atoms with Crippen molar-refractivity contribution in [3.8, 4) is 0 Å². The topological polar surface area (TPSA) is 61.0 Å². The summed E-state index contributed by atoms with van der Waals surface area (Å²) in [5.74, 6) is -0.127. The highest BCUT2D eigenvalue weighted by atomic mass is 35.5. The lowest BCUT2D eigenvalue weighted by Crippen LogP contribution is -2.45. The third kappa shape index (κ3) is 5.72. The van der Waals surface area contributed by atoms with Gasteiger partial charge in [-0.2, -0.15) is 5.10 Å². The van der Waals surface area contributed by atoms with Crippen LogP contribution in [0, 0.1) is 5.82 Å². The van der Waals surface area contributed by atoms with E-state index in [0.717, 1.165) is 72.4 Å². The van der Waals surface area contributed by atoms with Gasteiger partial charge in [-0.15, -0.1) is 24.8 Å². The van der Waals surface area contributed by atoms with Crippen LogP contribution < -0.4 is 5.32 Å². The highest BCUT2D eigenvalue weighted by Crippen LogP contribution is 2.39. The van der Waals surface area contributed by atoms with Crippen LogP contribution in [0.25, 0.3) is 17.0 Å². The summed E-state index contributed by atoms with van der Waals surface area (Å²) < 4.78 is 13.7. The Hall–Kier alpha value is -2.06. The van der Waals surface area contributed by atoms with E-state index in [2.05, 4.69) is 20.4 Å². The molecule has 0 bridgehead atoms. The number of H-pyrrole nitrogens is 1. The predicted octanol–water partition coefficient (Wildman–Crippen LogP) is 5.21. The number of nitrogens with one attached hydrogen (secondary N) is 2. The van der Waals surface area contributed by atoms with Gasteiger partial charge in [0.2, 0.25) is 0 Å². The standard InChI is InChI=1S/C24H25FN4OS.2ClH/c25-18-7-2-1-5-16(18)6-4-12-29-13-10-17(11-14-29)26-24(30)22-15-20-23-19(27-28-20)8-3-9-21(23)31-22;;/h1-3,5,7-9,15,17H,4,6,10-14H2,(H,26,30)(H,27,28);2*1H. The smallest absolute Gasteiger partial charge is 0.258 e. The van der Waals surface area contributed by atoms with Gasteiger partial charge in [-0.1, -0.05) is 36.0 Å². The van der Waals surface area contributed by atoms with Gasteiger partial charge in [0.25, 0.3) is 5.91 Å². The number of halogens is 3. The highest BCUT2D eigenvalue weighted by Gasteiger charge is 2.25. The van der Waals surface area contributed by atoms with Crippen LogP contribution in [0.1, 0.15) is 30.5 Å². The first-order valence-corrected chi connectivity index (χ1v) is 11.6. The van der Waals surface area contributed by atoms with Crippen LogP contribution in [0.15, 0.2) is 52.3 Å². The summed E-state index contributed by atoms with van der Waals surface area (Å²) in [4.78, 5) is 17.1. The number of hydrogen-bond donors (Lipinski definition) is 2. The van der Waals surface area contributed by atoms with Crippen LogP contribution in [-0.2, 0) is 11.2 Å². The first kappa shape index (κ1) is 25.6. The van der Waals surface area contributed by atoms with Gasteiger partial charge in [-0.25, -0.2) is 4.39 Å². The van der Waals surface area contributed by atoms with Gasteiger partial charge < -0.3 is 10.2 Å². The quantitative estimate of drug-likeness (QED) is 0.479. The molecule has 3 aromatic rings. The fourth-order valence-electron chi connectivity index (χ4n) is 4.39. The SMILES string of the molecule is Cl.Cl.O=C(NC1CCN(CCCc2ccccc2F)CC1)C1=Cc2[nH]nc3cccc(c23)S1. The number of piperidine rings is 1. The molecule has 2 aliphatic rings. The van der Waals surface area contributed by atoms with Crippen molar-refractivity contribution < 1.29 is 9.18 Å². The van der Waals surface area contributed by atoms with Crippen molar-refractivity contribution in [3.63, 3.8) is 0 Å². The van der Waals surface area contributed by atoms with Crippen molar-refractivity contribution in [1.29, 1.82) is 0 Å². The zero-order chi connectivity index (χ0) is 21.2. The number of nitrogens with zero attached hydrogens (tertiary/aromatic N) is 2. The zero-order valence-electron chi connectivity index (χ0n) is 18.1. The molecule has 0 atom stereocenters. The van der Waals surface area contributed by atoms with Crippen molar-refractivity contribution in [2.24, 2.45) is 0 Å². The second kappa shape index (κ2) is 11.4. The first-order chi connectivity index (χ1) is 15.2. The minimum absolute atomic E-state index is 0. The lowest BCUT2D eigenvalue weighted by Gasteiger charge is -2.32. The maximum atomic E-state index is 13.7. The number of aromatic nitrogens is 2. The summed E-state index contributed by atoms with van der Waals surface area (Å²) in [5, 5.41) is 11.7. The minimum atomic E-state index is -0.114. The molecule has 1 amide bonds. The molecule has 2 N–H and O–H groups in total. The van der Waals surface area contributed by atoms with Gasteiger partial charge in [0.1, 0.15) is 5.82 Å². The van der Waals surface area contributed by atoms with Gasteiger partial charge in [-0.05, 0) is 62.1 Å². The number of aryl methyl sites for hydroxylation is 1. The van der Waals surface area contributed by atoms with E-state index in [9.17, 15) is 9.18 Å². The minimum Gasteiger partial charge on any atom is -0.349 e. The second-order valence-electron chi connectivity index (χ2n) is 8.18. The number of hydrogen-bond acceptors (Lipinski definition) is 4. The summed E-state index contributed by atoms with van der Waals surface area (Å²) in [6, 6.07) is 13.2. The van der Waals surface area contributed by atoms with Crippen LogP contribution in [-0.4, -0.2) is 46.7 Å². The summed E-state index contributed by atoms with van der Waals surface area (Å²) >= 11 is 1.51. The first-order valence-electron chi connectivity index (χ1n) is 10.8. The number of carbonyl (C=O) groups is 1. The van der Waals surface area contributed by atoms with Gasteiger partial charge in [0.15, 0.2) is 0 Å². The Morgan fingerprint density at radius 3 is 2.73 bits per heavy atom. The molecule has 1 saturated heterocycles. The molecule has 9 heteroatoms. The van der Waals surface area contributed by atoms with Crippen molar-refractivity contribution in [2.45, 2.75) is 36.6 Å². The van der Waals surface area contributed by atoms with Gasteiger partial charge in [-0.3, -0.25) is 9.89 Å². The van der Waals surface area contributed by atoms with Crippen molar-refractivity contribution >= 4 is 59.5 Å². The predicted molar refractivity (Wildman–Crippen MR) is 137 cm³/mol. The Morgan fingerprint density at radius 2 is 1.94 bits per heavy atom. The van der Waals surface area contributed by atoms with E-state index in [-0.39, 0.29) is 42.6 Å². The average Bonchev–Trinajstić information content (AvgIpc) is 3.21. The Bertz CT molecular complexity index is 1140. The normalized spacial score (nSPS) is 16.0. The molecule has 5 rings (SSSR count). The van der Waals surface area contributed by atoms with E-state index in [1.165, 1.54) is 17.8 Å². The summed E-state index contributed by atoms with van der Waals surface area (Å²) in [6.45, 7) is 2.87. The van der Waals surface area contributed by atoms with E-state index in [1.54, 1.807) is 6.07 Å². The van der Waals surface area contributed by atoms with Crippen LogP contribution in [0.3, 0.4) is 0 Å². The summed E-state index contributed by atoms with van der Waals surface area (Å²) in [6.07, 6.45) is 5.49. The lowest BCUT2D eigenvalue weighted by atomic mass is 10.0. The fraction of sp³-hybridized carbons (Fsp3) is 0.333. The summed E-state index contributed by atoms with van der Waals surface area (Å²) in [5.41, 5.74) is 2.62. The molecule has 3 heterocycles. The Balaban J connectivity index is 0.00000153. The maximum absolute atomic E-state index is 13.7. The molecule has 0 saturated carbocycles. The summed E-state index contributed by atoms with van der Waals surface area (Å²) in [7, 11) is 0. The average molecular weight is 509 g/mol. The molecular weight excluding hydrogens is 482 g/mol. The van der Waals surface area contributed by atoms with Crippen molar-refractivity contribution in [1.82, 2.24) is 20.4 Å². The maximum Gasteiger partial charge on any atom is 0.258 e. The van der Waals surface area contributed by atoms with Crippen molar-refractivity contribution in [2.75, 3.05) is 19.6 Å². The molecule has 2 aliphatic heterocycles. The third-order valence-corrected chi connectivity index (χ3v) is 7.17. The van der Waals surface area contributed by atoms with E-state index < -0.39 is 0 Å². The van der Waals surface area contributed by atoms with Crippen LogP contribution in [0.4, 0.5) is 4.39 Å². The Labute approximate surface area is 209 Å². The zero-order valence-corrected chi connectivity index (χ0v) is 20.5. The van der Waals surface area contributed by atoms with Gasteiger partial charge in [0, 0.05) is 29.4 Å². The molecular formula is C24H27Cl2FN4OS. The van der Waals surface area contributed by atoms with E-state index in [1.807, 2.05) is 36.4 Å². The van der Waals surface area contributed by atoms with Crippen LogP contribution in [0.5, 0.6) is 0 Å². The molecule has 1 aromatic heterocycles. The largest absolute Gasteiger partial charge is 0.349 e. The van der Waals surface area contributed by atoms with Crippen LogP contribution >= 0.6 is 36.6 Å². The molecule has 0 unspecified atom stereocenters. The molecule has 5 nitrogen and oxygen atoms in total. The van der Waals surface area contributed by atoms with Gasteiger partial charge in [0.05, 0.1) is 16.1 Å². The number of rotatable bonds is 6. The number of aromatic amines is 1. The molecule has 33 heavy (non-hydrogen) atoms. The molecule has 0 aliphatic carbocycles. The Kier molecular flexibility index (Phi) is 8.82. The number of carbonyl (C=O) groups excluding carboxylic acids is 1. The van der Waals surface area contributed by atoms with E-state index >= 15 is 0 Å². The highest BCUT2D eigenvalue weighted by molar-refractivity contribution is 8.04. The lowest BCUT2D eigenvalue weighted by molar-refractivity contribution is -0.117. The fourth-order valence-corrected chi connectivity index (χ4v) is 5.42. The number of likely N-dealkylation sites (tertiary alicyclic amines) is 1. The Morgan fingerprint density at radius 1 is 1.15 bits per heavy atom. The van der Waals surface area contributed by atoms with E-state index in [4.69, 9.17) is 0 Å². The molecule has 0 spiro atoms. The number of thioether (sulfide) groups is 1. The molecule has 1 fully saturated rings. The number of amides is 1. The molecule has 2 aromatic carbocycles. The third-order valence-electron chi connectivity index (χ3n) is 6.09.